The summed E-state index contributed by atoms with van der Waals surface area (Å²) >= 11 is 0. The summed E-state index contributed by atoms with van der Waals surface area (Å²) in [6.45, 7) is 6.45. The number of unbranched alkanes of at least 4 members (excludes halogenated alkanes) is 5. The SMILES string of the molecule is CCCCCCCC[S+](CC(=O)c1ccc(C)c(C)c1)Cc1ccccc1. The zero-order chi connectivity index (χ0) is 19.5. The first-order chi connectivity index (χ1) is 13.1. The molecule has 0 aliphatic rings. The van der Waals surface area contributed by atoms with Gasteiger partial charge in [0, 0.05) is 11.1 Å². The van der Waals surface area contributed by atoms with E-state index in [9.17, 15) is 4.79 Å². The minimum Gasteiger partial charge on any atom is -0.289 e. The molecule has 27 heavy (non-hydrogen) atoms. The molecular weight excluding hydrogens is 348 g/mol. The van der Waals surface area contributed by atoms with Crippen LogP contribution in [0.5, 0.6) is 0 Å². The Bertz CT molecular complexity index is 693. The van der Waals surface area contributed by atoms with Crippen molar-refractivity contribution in [3.63, 3.8) is 0 Å². The number of carbonyl (C=O) groups is 1. The van der Waals surface area contributed by atoms with E-state index in [0.717, 1.165) is 11.3 Å². The van der Waals surface area contributed by atoms with Crippen molar-refractivity contribution in [2.24, 2.45) is 0 Å². The molecule has 1 unspecified atom stereocenters. The molecule has 0 N–H and O–H groups in total. The third kappa shape index (κ3) is 7.92. The van der Waals surface area contributed by atoms with Crippen LogP contribution in [0.2, 0.25) is 0 Å². The molecule has 0 aromatic heterocycles. The van der Waals surface area contributed by atoms with E-state index in [1.165, 1.54) is 61.0 Å². The van der Waals surface area contributed by atoms with Gasteiger partial charge < -0.3 is 0 Å². The Labute approximate surface area is 168 Å². The van der Waals surface area contributed by atoms with Gasteiger partial charge in [-0.05, 0) is 54.8 Å². The summed E-state index contributed by atoms with van der Waals surface area (Å²) in [5, 5.41) is 0. The van der Waals surface area contributed by atoms with E-state index in [1.54, 1.807) is 0 Å². The van der Waals surface area contributed by atoms with Crippen molar-refractivity contribution in [2.75, 3.05) is 11.5 Å². The van der Waals surface area contributed by atoms with Crippen LogP contribution in [0.4, 0.5) is 0 Å². The highest BCUT2D eigenvalue weighted by Gasteiger charge is 2.24. The largest absolute Gasteiger partial charge is 0.289 e. The van der Waals surface area contributed by atoms with Crippen LogP contribution < -0.4 is 0 Å². The molecule has 2 heteroatoms. The standard InChI is InChI=1S/C25H35OS/c1-4-5-6-7-8-12-17-27(19-23-13-10-9-11-14-23)20-25(26)24-16-15-21(2)22(3)18-24/h9-11,13-16,18H,4-8,12,17,19-20H2,1-3H3/q+1. The van der Waals surface area contributed by atoms with Crippen LogP contribution in [0.1, 0.15) is 72.5 Å². The molecule has 0 amide bonds. The fourth-order valence-corrected chi connectivity index (χ4v) is 5.48. The fraction of sp³-hybridized carbons (Fsp3) is 0.480. The molecule has 0 aliphatic carbocycles. The molecule has 0 radical (unpaired) electrons. The highest BCUT2D eigenvalue weighted by atomic mass is 32.2. The number of carbonyl (C=O) groups excluding carboxylic acids is 1. The van der Waals surface area contributed by atoms with E-state index >= 15 is 0 Å². The molecule has 2 aromatic rings. The maximum Gasteiger partial charge on any atom is 0.211 e. The van der Waals surface area contributed by atoms with Crippen molar-refractivity contribution < 1.29 is 4.79 Å². The van der Waals surface area contributed by atoms with Crippen LogP contribution in [0, 0.1) is 13.8 Å². The van der Waals surface area contributed by atoms with Crippen LogP contribution in [0.3, 0.4) is 0 Å². The Morgan fingerprint density at radius 1 is 0.852 bits per heavy atom. The van der Waals surface area contributed by atoms with Gasteiger partial charge in [-0.3, -0.25) is 4.79 Å². The molecule has 0 spiro atoms. The minimum atomic E-state index is 0.125. The maximum atomic E-state index is 12.9. The molecule has 146 valence electrons. The first kappa shape index (κ1) is 21.8. The molecule has 0 fully saturated rings. The van der Waals surface area contributed by atoms with Crippen molar-refractivity contribution in [1.82, 2.24) is 0 Å². The number of Topliss-reactive ketones (excluding diaryl/α,β-unsaturated/α-hetero) is 1. The third-order valence-electron chi connectivity index (χ3n) is 5.16. The van der Waals surface area contributed by atoms with Gasteiger partial charge in [0.15, 0.2) is 5.75 Å². The number of rotatable bonds is 12. The molecule has 2 rings (SSSR count). The lowest BCUT2D eigenvalue weighted by Gasteiger charge is -2.10. The molecule has 2 aromatic carbocycles. The van der Waals surface area contributed by atoms with Crippen LogP contribution >= 0.6 is 0 Å². The quantitative estimate of drug-likeness (QED) is 0.227. The van der Waals surface area contributed by atoms with E-state index in [1.807, 2.05) is 6.07 Å². The molecule has 1 atom stereocenters. The zero-order valence-corrected chi connectivity index (χ0v) is 18.1. The van der Waals surface area contributed by atoms with Gasteiger partial charge in [-0.2, -0.15) is 0 Å². The van der Waals surface area contributed by atoms with Crippen molar-refractivity contribution in [3.05, 3.63) is 70.8 Å². The second kappa shape index (κ2) is 12.0. The van der Waals surface area contributed by atoms with E-state index in [2.05, 4.69) is 63.2 Å². The second-order valence-corrected chi connectivity index (χ2v) is 9.79. The fourth-order valence-electron chi connectivity index (χ4n) is 3.28. The lowest BCUT2D eigenvalue weighted by atomic mass is 10.0. The summed E-state index contributed by atoms with van der Waals surface area (Å²) in [5.41, 5.74) is 4.70. The first-order valence-corrected chi connectivity index (χ1v) is 12.1. The molecule has 0 saturated carbocycles. The van der Waals surface area contributed by atoms with Gasteiger partial charge >= 0.3 is 0 Å². The Morgan fingerprint density at radius 2 is 1.56 bits per heavy atom. The average Bonchev–Trinajstić information content (AvgIpc) is 2.67. The number of ketones is 1. The first-order valence-electron chi connectivity index (χ1n) is 10.4. The van der Waals surface area contributed by atoms with Crippen molar-refractivity contribution in [3.8, 4) is 0 Å². The molecule has 1 nitrogen and oxygen atoms in total. The smallest absolute Gasteiger partial charge is 0.211 e. The van der Waals surface area contributed by atoms with E-state index in [0.29, 0.717) is 11.5 Å². The van der Waals surface area contributed by atoms with Crippen LogP contribution in [0.15, 0.2) is 48.5 Å². The monoisotopic (exact) mass is 383 g/mol. The van der Waals surface area contributed by atoms with Gasteiger partial charge in [-0.25, -0.2) is 0 Å². The molecular formula is C25H35OS+. The molecule has 0 bridgehead atoms. The maximum absolute atomic E-state index is 12.9. The molecule has 0 heterocycles. The highest BCUT2D eigenvalue weighted by molar-refractivity contribution is 7.96. The van der Waals surface area contributed by atoms with Gasteiger partial charge in [0.1, 0.15) is 11.5 Å². The molecule has 0 saturated heterocycles. The van der Waals surface area contributed by atoms with Crippen molar-refractivity contribution >= 4 is 16.7 Å². The summed E-state index contributed by atoms with van der Waals surface area (Å²) < 4.78 is 0. The zero-order valence-electron chi connectivity index (χ0n) is 17.3. The van der Waals surface area contributed by atoms with Crippen molar-refractivity contribution in [1.29, 1.82) is 0 Å². The van der Waals surface area contributed by atoms with E-state index < -0.39 is 0 Å². The average molecular weight is 384 g/mol. The summed E-state index contributed by atoms with van der Waals surface area (Å²) in [4.78, 5) is 12.9. The number of aryl methyl sites for hydroxylation is 2. The lowest BCUT2D eigenvalue weighted by molar-refractivity contribution is 0.102. The Morgan fingerprint density at radius 3 is 2.26 bits per heavy atom. The van der Waals surface area contributed by atoms with Gasteiger partial charge in [-0.1, -0.05) is 75.1 Å². The molecule has 0 aliphatic heterocycles. The summed E-state index contributed by atoms with van der Waals surface area (Å²) in [7, 11) is 0.125. The predicted molar refractivity (Wildman–Crippen MR) is 121 cm³/mol. The van der Waals surface area contributed by atoms with Gasteiger partial charge in [0.2, 0.25) is 5.78 Å². The van der Waals surface area contributed by atoms with Crippen LogP contribution in [-0.2, 0) is 16.6 Å². The van der Waals surface area contributed by atoms with Gasteiger partial charge in [-0.15, -0.1) is 0 Å². The highest BCUT2D eigenvalue weighted by Crippen LogP contribution is 2.17. The Balaban J connectivity index is 1.95. The summed E-state index contributed by atoms with van der Waals surface area (Å²) in [6, 6.07) is 16.8. The minimum absolute atomic E-state index is 0.125. The van der Waals surface area contributed by atoms with Crippen LogP contribution in [0.25, 0.3) is 0 Å². The number of benzene rings is 2. The second-order valence-electron chi connectivity index (χ2n) is 7.58. The summed E-state index contributed by atoms with van der Waals surface area (Å²) in [5.74, 6) is 3.21. The lowest BCUT2D eigenvalue weighted by Crippen LogP contribution is -2.22. The summed E-state index contributed by atoms with van der Waals surface area (Å²) in [6.07, 6.45) is 7.88. The van der Waals surface area contributed by atoms with Crippen molar-refractivity contribution in [2.45, 2.75) is 65.0 Å². The predicted octanol–water partition coefficient (Wildman–Crippen LogP) is 6.67. The topological polar surface area (TPSA) is 17.1 Å². The van der Waals surface area contributed by atoms with Gasteiger partial charge in [0.25, 0.3) is 0 Å². The van der Waals surface area contributed by atoms with E-state index in [4.69, 9.17) is 0 Å². The third-order valence-corrected chi connectivity index (χ3v) is 7.44. The van der Waals surface area contributed by atoms with Crippen LogP contribution in [-0.4, -0.2) is 17.3 Å². The van der Waals surface area contributed by atoms with E-state index in [-0.39, 0.29) is 10.9 Å². The number of hydrogen-bond donors (Lipinski definition) is 0. The number of hydrogen-bond acceptors (Lipinski definition) is 1. The van der Waals surface area contributed by atoms with Gasteiger partial charge in [0.05, 0.1) is 0 Å². The Hall–Kier alpha value is -1.54. The normalized spacial score (nSPS) is 12.1. The Kier molecular flexibility index (Phi) is 9.69.